The van der Waals surface area contributed by atoms with Crippen molar-refractivity contribution < 1.29 is 9.18 Å². The summed E-state index contributed by atoms with van der Waals surface area (Å²) < 4.78 is 13.1. The molecule has 0 fully saturated rings. The van der Waals surface area contributed by atoms with Crippen LogP contribution in [0.15, 0.2) is 36.5 Å². The molecule has 1 aromatic carbocycles. The highest BCUT2D eigenvalue weighted by Crippen LogP contribution is 2.16. The molecule has 0 atom stereocenters. The number of benzene rings is 1. The van der Waals surface area contributed by atoms with Crippen LogP contribution in [0.1, 0.15) is 21.6 Å². The predicted molar refractivity (Wildman–Crippen MR) is 79.2 cm³/mol. The van der Waals surface area contributed by atoms with E-state index in [0.29, 0.717) is 11.3 Å². The average Bonchev–Trinajstić information content (AvgIpc) is 2.43. The van der Waals surface area contributed by atoms with Gasteiger partial charge in [-0.1, -0.05) is 18.3 Å². The van der Waals surface area contributed by atoms with Gasteiger partial charge in [0.1, 0.15) is 16.5 Å². The number of carbonyl (C=O) groups excluding carboxylic acids is 1. The van der Waals surface area contributed by atoms with E-state index >= 15 is 0 Å². The minimum absolute atomic E-state index is 0.202. The van der Waals surface area contributed by atoms with Gasteiger partial charge in [0.2, 0.25) is 0 Å². The number of anilines is 1. The number of halogens is 1. The van der Waals surface area contributed by atoms with Crippen molar-refractivity contribution in [2.45, 2.75) is 6.92 Å². The van der Waals surface area contributed by atoms with Gasteiger partial charge in [0.15, 0.2) is 0 Å². The Morgan fingerprint density at radius 3 is 2.70 bits per heavy atom. The number of hydrogen-bond donors (Lipinski definition) is 2. The third kappa shape index (κ3) is 3.16. The van der Waals surface area contributed by atoms with Crippen molar-refractivity contribution in [3.05, 3.63) is 59.2 Å². The zero-order valence-corrected chi connectivity index (χ0v) is 11.5. The number of nitrogens with zero attached hydrogens (tertiary/aromatic N) is 1. The molecule has 1 heterocycles. The molecule has 6 heteroatoms. The SMILES string of the molecule is Cc1ccc(F)cc1NC(=O)c1ccc(C(N)=S)cn1. The fourth-order valence-corrected chi connectivity index (χ4v) is 1.71. The van der Waals surface area contributed by atoms with Gasteiger partial charge in [0.05, 0.1) is 0 Å². The first-order chi connectivity index (χ1) is 9.47. The monoisotopic (exact) mass is 289 g/mol. The number of thiocarbonyl (C=S) groups is 1. The van der Waals surface area contributed by atoms with E-state index in [1.165, 1.54) is 24.4 Å². The van der Waals surface area contributed by atoms with E-state index in [4.69, 9.17) is 18.0 Å². The Hall–Kier alpha value is -2.34. The minimum Gasteiger partial charge on any atom is -0.389 e. The molecule has 0 aliphatic rings. The minimum atomic E-state index is -0.423. The fourth-order valence-electron chi connectivity index (χ4n) is 1.59. The van der Waals surface area contributed by atoms with Crippen molar-refractivity contribution in [1.29, 1.82) is 0 Å². The first-order valence-electron chi connectivity index (χ1n) is 5.81. The van der Waals surface area contributed by atoms with E-state index in [0.717, 1.165) is 5.56 Å². The second-order valence-corrected chi connectivity index (χ2v) is 4.65. The first kappa shape index (κ1) is 14.1. The maximum Gasteiger partial charge on any atom is 0.274 e. The van der Waals surface area contributed by atoms with Crippen LogP contribution in [0.3, 0.4) is 0 Å². The molecule has 0 unspecified atom stereocenters. The number of nitrogens with one attached hydrogen (secondary N) is 1. The summed E-state index contributed by atoms with van der Waals surface area (Å²) in [5.74, 6) is -0.837. The predicted octanol–water partition coefficient (Wildman–Crippen LogP) is 2.42. The molecule has 0 spiro atoms. The molecule has 2 aromatic rings. The molecule has 0 saturated carbocycles. The Morgan fingerprint density at radius 2 is 2.10 bits per heavy atom. The summed E-state index contributed by atoms with van der Waals surface area (Å²) in [7, 11) is 0. The van der Waals surface area contributed by atoms with Gasteiger partial charge >= 0.3 is 0 Å². The van der Waals surface area contributed by atoms with Crippen LogP contribution < -0.4 is 11.1 Å². The highest BCUT2D eigenvalue weighted by atomic mass is 32.1. The molecule has 3 N–H and O–H groups in total. The molecule has 0 bridgehead atoms. The number of carbonyl (C=O) groups is 1. The quantitative estimate of drug-likeness (QED) is 0.852. The molecule has 0 saturated heterocycles. The maximum absolute atomic E-state index is 13.1. The van der Waals surface area contributed by atoms with E-state index in [9.17, 15) is 9.18 Å². The maximum atomic E-state index is 13.1. The largest absolute Gasteiger partial charge is 0.389 e. The summed E-state index contributed by atoms with van der Waals surface area (Å²) in [6.07, 6.45) is 1.43. The summed E-state index contributed by atoms with van der Waals surface area (Å²) in [5.41, 5.74) is 7.41. The summed E-state index contributed by atoms with van der Waals surface area (Å²) in [6, 6.07) is 7.31. The first-order valence-corrected chi connectivity index (χ1v) is 6.21. The molecule has 1 amide bonds. The lowest BCUT2D eigenvalue weighted by Crippen LogP contribution is -2.16. The van der Waals surface area contributed by atoms with Crippen molar-refractivity contribution in [1.82, 2.24) is 4.98 Å². The smallest absolute Gasteiger partial charge is 0.274 e. The fraction of sp³-hybridized carbons (Fsp3) is 0.0714. The molecule has 2 rings (SSSR count). The van der Waals surface area contributed by atoms with Crippen LogP contribution in [0.4, 0.5) is 10.1 Å². The van der Waals surface area contributed by atoms with Gasteiger partial charge in [-0.3, -0.25) is 9.78 Å². The summed E-state index contributed by atoms with van der Waals surface area (Å²) in [4.78, 5) is 16.2. The Labute approximate surface area is 120 Å². The van der Waals surface area contributed by atoms with Crippen molar-refractivity contribution in [3.8, 4) is 0 Å². The second kappa shape index (κ2) is 5.75. The van der Waals surface area contributed by atoms with Crippen LogP contribution in [-0.2, 0) is 0 Å². The Morgan fingerprint density at radius 1 is 1.35 bits per heavy atom. The molecule has 0 aliphatic carbocycles. The Kier molecular flexibility index (Phi) is 4.05. The number of amides is 1. The number of hydrogen-bond acceptors (Lipinski definition) is 3. The van der Waals surface area contributed by atoms with Gasteiger partial charge in [0.25, 0.3) is 5.91 Å². The van der Waals surface area contributed by atoms with Gasteiger partial charge in [0, 0.05) is 17.4 Å². The standard InChI is InChI=1S/C14H12FN3OS/c1-8-2-4-10(15)6-12(8)18-14(19)11-5-3-9(7-17-11)13(16)20/h2-7H,1H3,(H2,16,20)(H,18,19). The summed E-state index contributed by atoms with van der Waals surface area (Å²) in [5, 5.41) is 2.61. The van der Waals surface area contributed by atoms with E-state index in [1.54, 1.807) is 19.1 Å². The second-order valence-electron chi connectivity index (χ2n) is 4.21. The van der Waals surface area contributed by atoms with Crippen LogP contribution in [0, 0.1) is 12.7 Å². The molecular formula is C14H12FN3OS. The van der Waals surface area contributed by atoms with Crippen LogP contribution in [0.5, 0.6) is 0 Å². The van der Waals surface area contributed by atoms with Crippen LogP contribution >= 0.6 is 12.2 Å². The van der Waals surface area contributed by atoms with E-state index in [2.05, 4.69) is 10.3 Å². The lowest BCUT2D eigenvalue weighted by molar-refractivity contribution is 0.102. The normalized spacial score (nSPS) is 10.1. The lowest BCUT2D eigenvalue weighted by atomic mass is 10.2. The highest BCUT2D eigenvalue weighted by Gasteiger charge is 2.10. The third-order valence-electron chi connectivity index (χ3n) is 2.73. The number of rotatable bonds is 3. The number of nitrogens with two attached hydrogens (primary N) is 1. The Bertz CT molecular complexity index is 671. The highest BCUT2D eigenvalue weighted by molar-refractivity contribution is 7.80. The van der Waals surface area contributed by atoms with Crippen LogP contribution in [0.2, 0.25) is 0 Å². The number of aromatic nitrogens is 1. The molecule has 102 valence electrons. The number of aryl methyl sites for hydroxylation is 1. The van der Waals surface area contributed by atoms with Gasteiger partial charge in [-0.05, 0) is 36.8 Å². The van der Waals surface area contributed by atoms with Crippen molar-refractivity contribution >= 4 is 28.8 Å². The Balaban J connectivity index is 2.19. The van der Waals surface area contributed by atoms with Crippen molar-refractivity contribution in [3.63, 3.8) is 0 Å². The molecule has 0 aliphatic heterocycles. The van der Waals surface area contributed by atoms with Crippen LogP contribution in [-0.4, -0.2) is 15.9 Å². The summed E-state index contributed by atoms with van der Waals surface area (Å²) >= 11 is 4.80. The van der Waals surface area contributed by atoms with Gasteiger partial charge in [-0.15, -0.1) is 0 Å². The number of pyridine rings is 1. The van der Waals surface area contributed by atoms with Gasteiger partial charge < -0.3 is 11.1 Å². The van der Waals surface area contributed by atoms with E-state index < -0.39 is 11.7 Å². The molecule has 0 radical (unpaired) electrons. The third-order valence-corrected chi connectivity index (χ3v) is 2.96. The van der Waals surface area contributed by atoms with Gasteiger partial charge in [-0.2, -0.15) is 0 Å². The zero-order valence-electron chi connectivity index (χ0n) is 10.7. The lowest BCUT2D eigenvalue weighted by Gasteiger charge is -2.08. The molecular weight excluding hydrogens is 277 g/mol. The average molecular weight is 289 g/mol. The van der Waals surface area contributed by atoms with Crippen molar-refractivity contribution in [2.24, 2.45) is 5.73 Å². The van der Waals surface area contributed by atoms with E-state index in [1.807, 2.05) is 0 Å². The zero-order chi connectivity index (χ0) is 14.7. The topological polar surface area (TPSA) is 68.0 Å². The molecule has 1 aromatic heterocycles. The molecule has 20 heavy (non-hydrogen) atoms. The molecule has 4 nitrogen and oxygen atoms in total. The van der Waals surface area contributed by atoms with Crippen LogP contribution in [0.25, 0.3) is 0 Å². The van der Waals surface area contributed by atoms with E-state index in [-0.39, 0.29) is 10.7 Å². The van der Waals surface area contributed by atoms with Crippen molar-refractivity contribution in [2.75, 3.05) is 5.32 Å². The van der Waals surface area contributed by atoms with Gasteiger partial charge in [-0.25, -0.2) is 4.39 Å². The summed E-state index contributed by atoms with van der Waals surface area (Å²) in [6.45, 7) is 1.78.